The van der Waals surface area contributed by atoms with Crippen molar-refractivity contribution in [3.63, 3.8) is 0 Å². The van der Waals surface area contributed by atoms with Crippen LogP contribution in [0.25, 0.3) is 11.3 Å². The lowest BCUT2D eigenvalue weighted by molar-refractivity contribution is 0.707. The lowest BCUT2D eigenvalue weighted by Crippen LogP contribution is -2.11. The minimum Gasteiger partial charge on any atom is -0.311 e. The predicted molar refractivity (Wildman–Crippen MR) is 70.9 cm³/mol. The number of aromatic nitrogens is 2. The number of benzene rings is 1. The first-order valence-electron chi connectivity index (χ1n) is 6.03. The summed E-state index contributed by atoms with van der Waals surface area (Å²) >= 11 is 0. The highest BCUT2D eigenvalue weighted by Gasteiger charge is 2.06. The van der Waals surface area contributed by atoms with Gasteiger partial charge in [0.2, 0.25) is 0 Å². The molecule has 0 fully saturated rings. The van der Waals surface area contributed by atoms with Crippen molar-refractivity contribution in [3.05, 3.63) is 41.1 Å². The Labute approximate surface area is 102 Å². The number of rotatable bonds is 4. The van der Waals surface area contributed by atoms with Crippen LogP contribution < -0.4 is 5.32 Å². The van der Waals surface area contributed by atoms with Gasteiger partial charge in [-0.3, -0.25) is 5.10 Å². The van der Waals surface area contributed by atoms with Gasteiger partial charge in [0.1, 0.15) is 0 Å². The van der Waals surface area contributed by atoms with Gasteiger partial charge in [0, 0.05) is 17.8 Å². The summed E-state index contributed by atoms with van der Waals surface area (Å²) in [5, 5.41) is 10.7. The lowest BCUT2D eigenvalue weighted by atomic mass is 10.0. The summed E-state index contributed by atoms with van der Waals surface area (Å²) in [5.74, 6) is 0. The standard InChI is InChI=1S/C14H19N3/c1-4-15-9-12-8-14(17-16-12)13-7-10(2)5-6-11(13)3/h5-8,15H,4,9H2,1-3H3,(H,16,17). The summed E-state index contributed by atoms with van der Waals surface area (Å²) in [7, 11) is 0. The zero-order valence-electron chi connectivity index (χ0n) is 10.7. The van der Waals surface area contributed by atoms with E-state index in [0.29, 0.717) is 0 Å². The van der Waals surface area contributed by atoms with Crippen LogP contribution in [0.5, 0.6) is 0 Å². The topological polar surface area (TPSA) is 40.7 Å². The molecule has 0 aliphatic heterocycles. The molecule has 0 saturated carbocycles. The molecule has 0 aliphatic rings. The molecule has 0 amide bonds. The number of hydrogen-bond acceptors (Lipinski definition) is 2. The molecule has 1 heterocycles. The highest BCUT2D eigenvalue weighted by Crippen LogP contribution is 2.23. The van der Waals surface area contributed by atoms with Crippen molar-refractivity contribution in [1.82, 2.24) is 15.5 Å². The third-order valence-corrected chi connectivity index (χ3v) is 2.87. The number of aromatic amines is 1. The monoisotopic (exact) mass is 229 g/mol. The highest BCUT2D eigenvalue weighted by atomic mass is 15.1. The highest BCUT2D eigenvalue weighted by molar-refractivity contribution is 5.64. The van der Waals surface area contributed by atoms with Gasteiger partial charge in [0.15, 0.2) is 0 Å². The van der Waals surface area contributed by atoms with Gasteiger partial charge in [-0.2, -0.15) is 5.10 Å². The zero-order valence-corrected chi connectivity index (χ0v) is 10.7. The molecule has 1 aromatic heterocycles. The van der Waals surface area contributed by atoms with Crippen molar-refractivity contribution in [3.8, 4) is 11.3 Å². The van der Waals surface area contributed by atoms with E-state index >= 15 is 0 Å². The van der Waals surface area contributed by atoms with Crippen molar-refractivity contribution in [2.45, 2.75) is 27.3 Å². The quantitative estimate of drug-likeness (QED) is 0.846. The van der Waals surface area contributed by atoms with Gasteiger partial charge in [-0.05, 0) is 38.1 Å². The van der Waals surface area contributed by atoms with Crippen molar-refractivity contribution in [2.24, 2.45) is 0 Å². The van der Waals surface area contributed by atoms with Gasteiger partial charge in [-0.1, -0.05) is 24.6 Å². The maximum absolute atomic E-state index is 4.38. The number of hydrogen-bond donors (Lipinski definition) is 2. The molecule has 0 atom stereocenters. The van der Waals surface area contributed by atoms with Crippen molar-refractivity contribution in [2.75, 3.05) is 6.54 Å². The molecule has 3 heteroatoms. The summed E-state index contributed by atoms with van der Waals surface area (Å²) in [4.78, 5) is 0. The van der Waals surface area contributed by atoms with Gasteiger partial charge in [-0.15, -0.1) is 0 Å². The largest absolute Gasteiger partial charge is 0.311 e. The number of H-pyrrole nitrogens is 1. The van der Waals surface area contributed by atoms with Crippen LogP contribution in [0, 0.1) is 13.8 Å². The molecule has 0 radical (unpaired) electrons. The molecule has 17 heavy (non-hydrogen) atoms. The summed E-state index contributed by atoms with van der Waals surface area (Å²) < 4.78 is 0. The van der Waals surface area contributed by atoms with E-state index in [1.54, 1.807) is 0 Å². The maximum atomic E-state index is 4.38. The molecule has 2 rings (SSSR count). The van der Waals surface area contributed by atoms with Crippen LogP contribution in [0.3, 0.4) is 0 Å². The lowest BCUT2D eigenvalue weighted by Gasteiger charge is -2.03. The van der Waals surface area contributed by atoms with E-state index in [9.17, 15) is 0 Å². The Kier molecular flexibility index (Phi) is 3.59. The molecule has 2 N–H and O–H groups in total. The van der Waals surface area contributed by atoms with Gasteiger partial charge in [-0.25, -0.2) is 0 Å². The number of nitrogens with one attached hydrogen (secondary N) is 2. The SMILES string of the molecule is CCNCc1cc(-c2cc(C)ccc2C)n[nH]1. The maximum Gasteiger partial charge on any atom is 0.0926 e. The fourth-order valence-electron chi connectivity index (χ4n) is 1.86. The fraction of sp³-hybridized carbons (Fsp3) is 0.357. The van der Waals surface area contributed by atoms with Crippen molar-refractivity contribution >= 4 is 0 Å². The molecule has 3 nitrogen and oxygen atoms in total. The molecule has 0 saturated heterocycles. The second-order valence-electron chi connectivity index (χ2n) is 4.38. The Bertz CT molecular complexity index is 500. The first-order valence-corrected chi connectivity index (χ1v) is 6.03. The van der Waals surface area contributed by atoms with Crippen molar-refractivity contribution < 1.29 is 0 Å². The molecule has 1 aromatic carbocycles. The second-order valence-corrected chi connectivity index (χ2v) is 4.38. The van der Waals surface area contributed by atoms with Crippen LogP contribution in [0.4, 0.5) is 0 Å². The van der Waals surface area contributed by atoms with Gasteiger partial charge in [0.25, 0.3) is 0 Å². The normalized spacial score (nSPS) is 10.8. The molecule has 0 spiro atoms. The van der Waals surface area contributed by atoms with Crippen LogP contribution >= 0.6 is 0 Å². The number of nitrogens with zero attached hydrogens (tertiary/aromatic N) is 1. The average molecular weight is 229 g/mol. The summed E-state index contributed by atoms with van der Waals surface area (Å²) in [5.41, 5.74) is 5.89. The third kappa shape index (κ3) is 2.74. The Morgan fingerprint density at radius 3 is 2.82 bits per heavy atom. The average Bonchev–Trinajstić information content (AvgIpc) is 2.78. The van der Waals surface area contributed by atoms with Crippen LogP contribution in [0.2, 0.25) is 0 Å². The van der Waals surface area contributed by atoms with Crippen molar-refractivity contribution in [1.29, 1.82) is 0 Å². The van der Waals surface area contributed by atoms with E-state index in [1.165, 1.54) is 16.7 Å². The van der Waals surface area contributed by atoms with E-state index in [0.717, 1.165) is 24.5 Å². The summed E-state index contributed by atoms with van der Waals surface area (Å²) in [6, 6.07) is 8.57. The Morgan fingerprint density at radius 2 is 2.06 bits per heavy atom. The van der Waals surface area contributed by atoms with E-state index < -0.39 is 0 Å². The Morgan fingerprint density at radius 1 is 1.24 bits per heavy atom. The Hall–Kier alpha value is -1.61. The van der Waals surface area contributed by atoms with E-state index in [1.807, 2.05) is 0 Å². The van der Waals surface area contributed by atoms with E-state index in [-0.39, 0.29) is 0 Å². The first kappa shape index (κ1) is 11.9. The fourth-order valence-corrected chi connectivity index (χ4v) is 1.86. The van der Waals surface area contributed by atoms with Crippen LogP contribution in [0.15, 0.2) is 24.3 Å². The third-order valence-electron chi connectivity index (χ3n) is 2.87. The van der Waals surface area contributed by atoms with E-state index in [4.69, 9.17) is 0 Å². The Balaban J connectivity index is 2.27. The van der Waals surface area contributed by atoms with Gasteiger partial charge >= 0.3 is 0 Å². The minimum atomic E-state index is 0.842. The summed E-state index contributed by atoms with van der Waals surface area (Å²) in [6.07, 6.45) is 0. The van der Waals surface area contributed by atoms with Crippen LogP contribution in [-0.2, 0) is 6.54 Å². The second kappa shape index (κ2) is 5.15. The van der Waals surface area contributed by atoms with Crippen LogP contribution in [-0.4, -0.2) is 16.7 Å². The van der Waals surface area contributed by atoms with Gasteiger partial charge < -0.3 is 5.32 Å². The van der Waals surface area contributed by atoms with Gasteiger partial charge in [0.05, 0.1) is 5.69 Å². The smallest absolute Gasteiger partial charge is 0.0926 e. The van der Waals surface area contributed by atoms with Crippen LogP contribution in [0.1, 0.15) is 23.7 Å². The number of aryl methyl sites for hydroxylation is 2. The molecule has 0 aliphatic carbocycles. The van der Waals surface area contributed by atoms with E-state index in [2.05, 4.69) is 60.6 Å². The predicted octanol–water partition coefficient (Wildman–Crippen LogP) is 2.80. The molecule has 0 bridgehead atoms. The minimum absolute atomic E-state index is 0.842. The molecule has 90 valence electrons. The molecule has 0 unspecified atom stereocenters. The molecule has 2 aromatic rings. The first-order chi connectivity index (χ1) is 8.20. The molecular weight excluding hydrogens is 210 g/mol. The zero-order chi connectivity index (χ0) is 12.3. The molecular formula is C14H19N3. The summed E-state index contributed by atoms with van der Waals surface area (Å²) in [6.45, 7) is 8.14.